The smallest absolute Gasteiger partial charge is 0.150 e. The van der Waals surface area contributed by atoms with E-state index in [0.717, 1.165) is 32.4 Å². The van der Waals surface area contributed by atoms with Crippen molar-refractivity contribution in [1.82, 2.24) is 5.32 Å². The van der Waals surface area contributed by atoms with Crippen molar-refractivity contribution in [3.8, 4) is 0 Å². The molecule has 0 aliphatic carbocycles. The molecule has 0 bridgehead atoms. The van der Waals surface area contributed by atoms with Gasteiger partial charge in [0.2, 0.25) is 0 Å². The van der Waals surface area contributed by atoms with Crippen LogP contribution in [0.1, 0.15) is 37.3 Å². The van der Waals surface area contributed by atoms with Gasteiger partial charge in [-0.05, 0) is 49.8 Å². The standard InChI is InChI=1S/C18H27NO3S/c1-2-15-3-5-16(6-4-15)7-11-19-17-8-12-22-18(17)9-13-23(20,21)14-10-18/h3-6,17,19H,2,7-14H2,1H3. The maximum absolute atomic E-state index is 11.7. The van der Waals surface area contributed by atoms with E-state index in [1.54, 1.807) is 0 Å². The lowest BCUT2D eigenvalue weighted by atomic mass is 9.88. The van der Waals surface area contributed by atoms with Gasteiger partial charge in [-0.2, -0.15) is 0 Å². The van der Waals surface area contributed by atoms with Gasteiger partial charge < -0.3 is 10.1 Å². The SMILES string of the molecule is CCc1ccc(CCNC2CCOC23CCS(=O)(=O)CC3)cc1. The molecule has 1 aromatic rings. The molecule has 5 heteroatoms. The summed E-state index contributed by atoms with van der Waals surface area (Å²) < 4.78 is 29.3. The summed E-state index contributed by atoms with van der Waals surface area (Å²) in [5.74, 6) is 0.535. The molecule has 0 aromatic heterocycles. The molecular weight excluding hydrogens is 310 g/mol. The lowest BCUT2D eigenvalue weighted by molar-refractivity contribution is -0.0181. The molecule has 1 spiro atoms. The third-order valence-corrected chi connectivity index (χ3v) is 6.99. The van der Waals surface area contributed by atoms with Gasteiger partial charge in [0, 0.05) is 12.6 Å². The van der Waals surface area contributed by atoms with E-state index < -0.39 is 9.84 Å². The fraction of sp³-hybridized carbons (Fsp3) is 0.667. The van der Waals surface area contributed by atoms with Crippen LogP contribution in [0.3, 0.4) is 0 Å². The minimum atomic E-state index is -2.85. The third kappa shape index (κ3) is 3.95. The summed E-state index contributed by atoms with van der Waals surface area (Å²) in [4.78, 5) is 0. The molecule has 128 valence electrons. The summed E-state index contributed by atoms with van der Waals surface area (Å²) in [7, 11) is -2.85. The van der Waals surface area contributed by atoms with Crippen molar-refractivity contribution in [2.24, 2.45) is 0 Å². The van der Waals surface area contributed by atoms with Crippen molar-refractivity contribution < 1.29 is 13.2 Å². The zero-order valence-electron chi connectivity index (χ0n) is 13.9. The number of hydrogen-bond acceptors (Lipinski definition) is 4. The average Bonchev–Trinajstić information content (AvgIpc) is 2.94. The first-order valence-corrected chi connectivity index (χ1v) is 10.5. The number of rotatable bonds is 5. The first-order valence-electron chi connectivity index (χ1n) is 8.69. The van der Waals surface area contributed by atoms with E-state index in [9.17, 15) is 8.42 Å². The summed E-state index contributed by atoms with van der Waals surface area (Å²) in [5.41, 5.74) is 2.46. The lowest BCUT2D eigenvalue weighted by Gasteiger charge is -2.38. The Morgan fingerprint density at radius 2 is 1.83 bits per heavy atom. The van der Waals surface area contributed by atoms with Gasteiger partial charge >= 0.3 is 0 Å². The maximum atomic E-state index is 11.7. The molecule has 4 nitrogen and oxygen atoms in total. The highest BCUT2D eigenvalue weighted by Crippen LogP contribution is 2.36. The molecule has 2 saturated heterocycles. The van der Waals surface area contributed by atoms with Gasteiger partial charge in [-0.1, -0.05) is 31.2 Å². The van der Waals surface area contributed by atoms with E-state index in [2.05, 4.69) is 36.5 Å². The molecule has 1 aromatic carbocycles. The summed E-state index contributed by atoms with van der Waals surface area (Å²) in [5, 5.41) is 3.63. The van der Waals surface area contributed by atoms with Crippen LogP contribution in [0.25, 0.3) is 0 Å². The number of sulfone groups is 1. The molecule has 2 aliphatic rings. The van der Waals surface area contributed by atoms with E-state index >= 15 is 0 Å². The Morgan fingerprint density at radius 1 is 1.17 bits per heavy atom. The molecule has 1 unspecified atom stereocenters. The summed E-state index contributed by atoms with van der Waals surface area (Å²) in [6.45, 7) is 3.82. The van der Waals surface area contributed by atoms with Crippen LogP contribution in [-0.4, -0.2) is 44.7 Å². The molecule has 1 N–H and O–H groups in total. The van der Waals surface area contributed by atoms with Crippen molar-refractivity contribution in [3.63, 3.8) is 0 Å². The first kappa shape index (κ1) is 16.9. The van der Waals surface area contributed by atoms with Gasteiger partial charge in [0.05, 0.1) is 17.1 Å². The summed E-state index contributed by atoms with van der Waals surface area (Å²) >= 11 is 0. The van der Waals surface area contributed by atoms with Crippen LogP contribution < -0.4 is 5.32 Å². The minimum absolute atomic E-state index is 0.253. The van der Waals surface area contributed by atoms with E-state index in [1.807, 2.05) is 0 Å². The Bertz CT molecular complexity index is 610. The highest BCUT2D eigenvalue weighted by atomic mass is 32.2. The zero-order chi connectivity index (χ0) is 16.3. The van der Waals surface area contributed by atoms with Crippen LogP contribution in [0, 0.1) is 0 Å². The largest absolute Gasteiger partial charge is 0.373 e. The summed E-state index contributed by atoms with van der Waals surface area (Å²) in [6.07, 6.45) is 4.32. The van der Waals surface area contributed by atoms with Gasteiger partial charge in [0.1, 0.15) is 0 Å². The predicted octanol–water partition coefficient (Wildman–Crippen LogP) is 2.12. The van der Waals surface area contributed by atoms with Gasteiger partial charge in [0.25, 0.3) is 0 Å². The molecule has 23 heavy (non-hydrogen) atoms. The quantitative estimate of drug-likeness (QED) is 0.894. The fourth-order valence-corrected chi connectivity index (χ4v) is 5.26. The Hall–Kier alpha value is -0.910. The monoisotopic (exact) mass is 337 g/mol. The van der Waals surface area contributed by atoms with Crippen molar-refractivity contribution in [1.29, 1.82) is 0 Å². The van der Waals surface area contributed by atoms with Gasteiger partial charge in [-0.3, -0.25) is 0 Å². The second kappa shape index (κ2) is 6.91. The van der Waals surface area contributed by atoms with Crippen molar-refractivity contribution in [3.05, 3.63) is 35.4 Å². The van der Waals surface area contributed by atoms with Crippen LogP contribution in [-0.2, 0) is 27.4 Å². The minimum Gasteiger partial charge on any atom is -0.373 e. The highest BCUT2D eigenvalue weighted by molar-refractivity contribution is 7.91. The Morgan fingerprint density at radius 3 is 2.48 bits per heavy atom. The molecule has 2 aliphatic heterocycles. The fourth-order valence-electron chi connectivity index (χ4n) is 3.74. The Labute approximate surface area is 139 Å². The van der Waals surface area contributed by atoms with Crippen LogP contribution in [0.4, 0.5) is 0 Å². The van der Waals surface area contributed by atoms with Crippen LogP contribution in [0.2, 0.25) is 0 Å². The number of benzene rings is 1. The molecule has 3 rings (SSSR count). The zero-order valence-corrected chi connectivity index (χ0v) is 14.7. The van der Waals surface area contributed by atoms with Gasteiger partial charge in [-0.25, -0.2) is 8.42 Å². The maximum Gasteiger partial charge on any atom is 0.150 e. The number of nitrogens with one attached hydrogen (secondary N) is 1. The Kier molecular flexibility index (Phi) is 5.09. The van der Waals surface area contributed by atoms with Crippen molar-refractivity contribution in [2.45, 2.75) is 50.7 Å². The predicted molar refractivity (Wildman–Crippen MR) is 92.5 cm³/mol. The normalized spacial score (nSPS) is 25.7. The Balaban J connectivity index is 1.53. The second-order valence-electron chi connectivity index (χ2n) is 6.78. The topological polar surface area (TPSA) is 55.4 Å². The number of hydrogen-bond donors (Lipinski definition) is 1. The average molecular weight is 337 g/mol. The van der Waals surface area contributed by atoms with Crippen molar-refractivity contribution >= 4 is 9.84 Å². The van der Waals surface area contributed by atoms with E-state index in [1.165, 1.54) is 11.1 Å². The van der Waals surface area contributed by atoms with Gasteiger partial charge in [0.15, 0.2) is 9.84 Å². The summed E-state index contributed by atoms with van der Waals surface area (Å²) in [6, 6.07) is 9.08. The molecular formula is C18H27NO3S. The molecule has 0 radical (unpaired) electrons. The molecule has 2 fully saturated rings. The van der Waals surface area contributed by atoms with E-state index in [4.69, 9.17) is 4.74 Å². The molecule has 0 amide bonds. The van der Waals surface area contributed by atoms with Crippen LogP contribution >= 0.6 is 0 Å². The van der Waals surface area contributed by atoms with E-state index in [-0.39, 0.29) is 23.1 Å². The van der Waals surface area contributed by atoms with Crippen molar-refractivity contribution in [2.75, 3.05) is 24.7 Å². The molecule has 0 saturated carbocycles. The lowest BCUT2D eigenvalue weighted by Crippen LogP contribution is -2.52. The van der Waals surface area contributed by atoms with Crippen LogP contribution in [0.15, 0.2) is 24.3 Å². The third-order valence-electron chi connectivity index (χ3n) is 5.34. The molecule has 2 heterocycles. The molecule has 1 atom stereocenters. The highest BCUT2D eigenvalue weighted by Gasteiger charge is 2.47. The number of ether oxygens (including phenoxy) is 1. The van der Waals surface area contributed by atoms with E-state index in [0.29, 0.717) is 12.8 Å². The number of aryl methyl sites for hydroxylation is 1. The first-order chi connectivity index (χ1) is 11.0. The second-order valence-corrected chi connectivity index (χ2v) is 9.08. The van der Waals surface area contributed by atoms with Crippen LogP contribution in [0.5, 0.6) is 0 Å². The van der Waals surface area contributed by atoms with Gasteiger partial charge in [-0.15, -0.1) is 0 Å².